The van der Waals surface area contributed by atoms with E-state index in [4.69, 9.17) is 4.74 Å². The summed E-state index contributed by atoms with van der Waals surface area (Å²) in [5.41, 5.74) is 0.141. The van der Waals surface area contributed by atoms with Gasteiger partial charge in [-0.2, -0.15) is 0 Å². The molecule has 15 heavy (non-hydrogen) atoms. The number of carbonyl (C=O) groups is 1. The van der Waals surface area contributed by atoms with E-state index in [1.165, 1.54) is 6.07 Å². The van der Waals surface area contributed by atoms with Crippen molar-refractivity contribution in [2.24, 2.45) is 5.41 Å². The number of ether oxygens (including phenoxy) is 1. The third-order valence-corrected chi connectivity index (χ3v) is 1.76. The minimum atomic E-state index is -0.483. The molecule has 0 saturated carbocycles. The van der Waals surface area contributed by atoms with Gasteiger partial charge in [-0.25, -0.2) is 4.79 Å². The molecule has 0 aliphatic heterocycles. The third kappa shape index (κ3) is 3.62. The number of para-hydroxylation sites is 1. The lowest BCUT2D eigenvalue weighted by atomic mass is 9.99. The molecule has 1 rings (SSSR count). The number of phenolic OH excluding ortho intramolecular Hbond substituents is 1. The van der Waals surface area contributed by atoms with Crippen molar-refractivity contribution in [3.63, 3.8) is 0 Å². The lowest BCUT2D eigenvalue weighted by molar-refractivity contribution is 0.0364. The van der Waals surface area contributed by atoms with E-state index in [1.54, 1.807) is 18.2 Å². The van der Waals surface area contributed by atoms with E-state index in [9.17, 15) is 9.90 Å². The first-order chi connectivity index (χ1) is 6.90. The van der Waals surface area contributed by atoms with Crippen molar-refractivity contribution in [2.75, 3.05) is 6.61 Å². The van der Waals surface area contributed by atoms with E-state index in [-0.39, 0.29) is 16.7 Å². The summed E-state index contributed by atoms with van der Waals surface area (Å²) in [5.74, 6) is -0.528. The Morgan fingerprint density at radius 1 is 1.33 bits per heavy atom. The van der Waals surface area contributed by atoms with Crippen LogP contribution in [0.4, 0.5) is 0 Å². The first-order valence-corrected chi connectivity index (χ1v) is 4.85. The number of benzene rings is 1. The van der Waals surface area contributed by atoms with Crippen LogP contribution in [0.2, 0.25) is 0 Å². The van der Waals surface area contributed by atoms with Gasteiger partial charge in [-0.1, -0.05) is 32.9 Å². The fraction of sp³-hybridized carbons (Fsp3) is 0.417. The topological polar surface area (TPSA) is 46.5 Å². The summed E-state index contributed by atoms with van der Waals surface area (Å²) in [7, 11) is 0. The standard InChI is InChI=1S/C12H16O3/c1-12(2,3)8-15-11(14)9-6-4-5-7-10(9)13/h4-7,13H,8H2,1-3H3. The molecule has 3 heteroatoms. The van der Waals surface area contributed by atoms with Gasteiger partial charge in [0.25, 0.3) is 0 Å². The minimum absolute atomic E-state index is 0.0450. The predicted octanol–water partition coefficient (Wildman–Crippen LogP) is 2.60. The van der Waals surface area contributed by atoms with Crippen LogP contribution >= 0.6 is 0 Å². The van der Waals surface area contributed by atoms with Crippen LogP contribution in [0.15, 0.2) is 24.3 Å². The van der Waals surface area contributed by atoms with E-state index < -0.39 is 5.97 Å². The third-order valence-electron chi connectivity index (χ3n) is 1.76. The van der Waals surface area contributed by atoms with Crippen molar-refractivity contribution < 1.29 is 14.6 Å². The van der Waals surface area contributed by atoms with Gasteiger partial charge in [0.2, 0.25) is 0 Å². The van der Waals surface area contributed by atoms with Crippen LogP contribution in [0.25, 0.3) is 0 Å². The molecular formula is C12H16O3. The predicted molar refractivity (Wildman–Crippen MR) is 57.8 cm³/mol. The van der Waals surface area contributed by atoms with E-state index in [2.05, 4.69) is 0 Å². The molecule has 82 valence electrons. The van der Waals surface area contributed by atoms with E-state index >= 15 is 0 Å². The Morgan fingerprint density at radius 2 is 1.93 bits per heavy atom. The molecule has 0 amide bonds. The van der Waals surface area contributed by atoms with Crippen LogP contribution in [-0.4, -0.2) is 17.7 Å². The summed E-state index contributed by atoms with van der Waals surface area (Å²) < 4.78 is 5.07. The first-order valence-electron chi connectivity index (χ1n) is 4.85. The maximum Gasteiger partial charge on any atom is 0.341 e. The highest BCUT2D eigenvalue weighted by molar-refractivity contribution is 5.92. The number of hydrogen-bond acceptors (Lipinski definition) is 3. The SMILES string of the molecule is CC(C)(C)COC(=O)c1ccccc1O. The van der Waals surface area contributed by atoms with Crippen molar-refractivity contribution >= 4 is 5.97 Å². The van der Waals surface area contributed by atoms with Gasteiger partial charge in [-0.3, -0.25) is 0 Å². The number of phenols is 1. The zero-order valence-electron chi connectivity index (χ0n) is 9.28. The smallest absolute Gasteiger partial charge is 0.341 e. The summed E-state index contributed by atoms with van der Waals surface area (Å²) in [5, 5.41) is 9.41. The van der Waals surface area contributed by atoms with Gasteiger partial charge in [0.1, 0.15) is 11.3 Å². The van der Waals surface area contributed by atoms with Crippen LogP contribution in [0.1, 0.15) is 31.1 Å². The Bertz CT molecular complexity index is 350. The zero-order chi connectivity index (χ0) is 11.5. The molecule has 0 atom stereocenters. The van der Waals surface area contributed by atoms with Crippen LogP contribution in [0, 0.1) is 5.41 Å². The molecule has 0 spiro atoms. The van der Waals surface area contributed by atoms with Gasteiger partial charge < -0.3 is 9.84 Å². The fourth-order valence-corrected chi connectivity index (χ4v) is 1.01. The van der Waals surface area contributed by atoms with Gasteiger partial charge in [0, 0.05) is 0 Å². The molecule has 1 N–H and O–H groups in total. The average Bonchev–Trinajstić information content (AvgIpc) is 2.14. The average molecular weight is 208 g/mol. The highest BCUT2D eigenvalue weighted by Crippen LogP contribution is 2.19. The Morgan fingerprint density at radius 3 is 2.47 bits per heavy atom. The molecule has 0 saturated heterocycles. The molecule has 0 fully saturated rings. The van der Waals surface area contributed by atoms with Gasteiger partial charge in [0.05, 0.1) is 6.61 Å². The second kappa shape index (κ2) is 4.34. The largest absolute Gasteiger partial charge is 0.507 e. The molecule has 0 aliphatic carbocycles. The van der Waals surface area contributed by atoms with Gasteiger partial charge in [-0.15, -0.1) is 0 Å². The maximum atomic E-state index is 11.5. The number of carbonyl (C=O) groups excluding carboxylic acids is 1. The normalized spacial score (nSPS) is 11.1. The number of esters is 1. The molecule has 0 bridgehead atoms. The summed E-state index contributed by atoms with van der Waals surface area (Å²) >= 11 is 0. The lowest BCUT2D eigenvalue weighted by Crippen LogP contribution is -2.18. The van der Waals surface area contributed by atoms with E-state index in [1.807, 2.05) is 20.8 Å². The Balaban J connectivity index is 2.66. The first kappa shape index (κ1) is 11.6. The summed E-state index contributed by atoms with van der Waals surface area (Å²) in [6.45, 7) is 6.27. The van der Waals surface area contributed by atoms with Crippen molar-refractivity contribution in [3.05, 3.63) is 29.8 Å². The fourth-order valence-electron chi connectivity index (χ4n) is 1.01. The molecule has 0 aliphatic rings. The van der Waals surface area contributed by atoms with Crippen LogP contribution in [0.3, 0.4) is 0 Å². The molecule has 1 aromatic rings. The van der Waals surface area contributed by atoms with Crippen LogP contribution in [0.5, 0.6) is 5.75 Å². The van der Waals surface area contributed by atoms with Crippen LogP contribution < -0.4 is 0 Å². The van der Waals surface area contributed by atoms with Crippen molar-refractivity contribution in [1.82, 2.24) is 0 Å². The van der Waals surface area contributed by atoms with Gasteiger partial charge in [-0.05, 0) is 17.5 Å². The number of aromatic hydroxyl groups is 1. The van der Waals surface area contributed by atoms with Crippen LogP contribution in [-0.2, 0) is 4.74 Å². The van der Waals surface area contributed by atoms with E-state index in [0.717, 1.165) is 0 Å². The highest BCUT2D eigenvalue weighted by Gasteiger charge is 2.16. The summed E-state index contributed by atoms with van der Waals surface area (Å²) in [4.78, 5) is 11.5. The molecule has 3 nitrogen and oxygen atoms in total. The number of rotatable bonds is 2. The Kier molecular flexibility index (Phi) is 3.35. The second-order valence-electron chi connectivity index (χ2n) is 4.65. The zero-order valence-corrected chi connectivity index (χ0v) is 9.28. The molecule has 0 radical (unpaired) electrons. The molecule has 0 unspecified atom stereocenters. The summed E-state index contributed by atoms with van der Waals surface area (Å²) in [6.07, 6.45) is 0. The summed E-state index contributed by atoms with van der Waals surface area (Å²) in [6, 6.07) is 6.36. The van der Waals surface area contributed by atoms with Gasteiger partial charge >= 0.3 is 5.97 Å². The monoisotopic (exact) mass is 208 g/mol. The molecule has 1 aromatic carbocycles. The Labute approximate surface area is 89.7 Å². The number of hydrogen-bond donors (Lipinski definition) is 1. The minimum Gasteiger partial charge on any atom is -0.507 e. The van der Waals surface area contributed by atoms with Crippen molar-refractivity contribution in [1.29, 1.82) is 0 Å². The molecule has 0 heterocycles. The second-order valence-corrected chi connectivity index (χ2v) is 4.65. The lowest BCUT2D eigenvalue weighted by Gasteiger charge is -2.17. The molecular weight excluding hydrogens is 192 g/mol. The van der Waals surface area contributed by atoms with Crippen molar-refractivity contribution in [2.45, 2.75) is 20.8 Å². The molecule has 0 aromatic heterocycles. The Hall–Kier alpha value is -1.51. The maximum absolute atomic E-state index is 11.5. The van der Waals surface area contributed by atoms with Crippen molar-refractivity contribution in [3.8, 4) is 5.75 Å². The van der Waals surface area contributed by atoms with Gasteiger partial charge in [0.15, 0.2) is 0 Å². The highest BCUT2D eigenvalue weighted by atomic mass is 16.5. The quantitative estimate of drug-likeness (QED) is 0.760. The van der Waals surface area contributed by atoms with E-state index in [0.29, 0.717) is 6.61 Å².